The monoisotopic (exact) mass is 429 g/mol. The van der Waals surface area contributed by atoms with Crippen LogP contribution in [0.4, 0.5) is 8.78 Å². The van der Waals surface area contributed by atoms with Crippen LogP contribution in [0.25, 0.3) is 5.65 Å². The third-order valence-corrected chi connectivity index (χ3v) is 5.83. The Kier molecular flexibility index (Phi) is 6.18. The Labute approximate surface area is 178 Å². The van der Waals surface area contributed by atoms with Gasteiger partial charge in [0.05, 0.1) is 17.4 Å². The van der Waals surface area contributed by atoms with Crippen LogP contribution >= 0.6 is 0 Å². The third-order valence-electron chi connectivity index (χ3n) is 5.83. The Morgan fingerprint density at radius 2 is 1.97 bits per heavy atom. The standard InChI is InChI=1S/C23H25F2N3O3/c1-14-21(23(30)26-12-15-6-2-3-9-19(15)29)28-11-5-10-20(22(28)27-14)31-13-16-17(24)7-4-8-18(16)25/h4-5,7-8,10-11,15,19,29H,2-3,6,9,12-13H2,1H3,(H,26,30)/t15-,19+/m0/s1. The lowest BCUT2D eigenvalue weighted by molar-refractivity contribution is 0.0661. The van der Waals surface area contributed by atoms with Crippen LogP contribution in [0.1, 0.15) is 47.4 Å². The molecule has 0 bridgehead atoms. The maximum atomic E-state index is 13.9. The van der Waals surface area contributed by atoms with E-state index in [9.17, 15) is 18.7 Å². The number of imidazole rings is 1. The number of nitrogens with zero attached hydrogens (tertiary/aromatic N) is 2. The molecule has 0 spiro atoms. The molecule has 1 fully saturated rings. The van der Waals surface area contributed by atoms with Crippen molar-refractivity contribution in [3.05, 3.63) is 65.1 Å². The molecule has 0 saturated heterocycles. The average molecular weight is 429 g/mol. The highest BCUT2D eigenvalue weighted by Crippen LogP contribution is 2.26. The molecule has 6 nitrogen and oxygen atoms in total. The van der Waals surface area contributed by atoms with Crippen LogP contribution in [0.2, 0.25) is 0 Å². The van der Waals surface area contributed by atoms with Gasteiger partial charge < -0.3 is 15.2 Å². The summed E-state index contributed by atoms with van der Waals surface area (Å²) in [5.41, 5.74) is 1.09. The molecule has 1 amide bonds. The Hall–Kier alpha value is -3.00. The van der Waals surface area contributed by atoms with Crippen LogP contribution in [0.15, 0.2) is 36.5 Å². The van der Waals surface area contributed by atoms with E-state index in [-0.39, 0.29) is 24.0 Å². The van der Waals surface area contributed by atoms with Crippen LogP contribution in [0.3, 0.4) is 0 Å². The molecule has 1 aliphatic rings. The van der Waals surface area contributed by atoms with Crippen molar-refractivity contribution in [2.24, 2.45) is 5.92 Å². The molecule has 2 N–H and O–H groups in total. The molecule has 0 radical (unpaired) electrons. The predicted octanol–water partition coefficient (Wildman–Crippen LogP) is 3.78. The molecule has 1 saturated carbocycles. The van der Waals surface area contributed by atoms with Gasteiger partial charge in [-0.25, -0.2) is 13.8 Å². The molecule has 8 heteroatoms. The fourth-order valence-electron chi connectivity index (χ4n) is 4.10. The highest BCUT2D eigenvalue weighted by Gasteiger charge is 2.25. The average Bonchev–Trinajstić information content (AvgIpc) is 3.09. The van der Waals surface area contributed by atoms with Gasteiger partial charge in [0.25, 0.3) is 5.91 Å². The summed E-state index contributed by atoms with van der Waals surface area (Å²) < 4.78 is 35.1. The topological polar surface area (TPSA) is 75.9 Å². The number of ether oxygens (including phenoxy) is 1. The highest BCUT2D eigenvalue weighted by atomic mass is 19.1. The number of amides is 1. The minimum atomic E-state index is -0.684. The predicted molar refractivity (Wildman–Crippen MR) is 111 cm³/mol. The number of fused-ring (bicyclic) bond motifs is 1. The first-order valence-electron chi connectivity index (χ1n) is 10.5. The summed E-state index contributed by atoms with van der Waals surface area (Å²) in [6.07, 6.45) is 5.01. The number of rotatable bonds is 6. The number of hydrogen-bond donors (Lipinski definition) is 2. The molecule has 1 aromatic carbocycles. The quantitative estimate of drug-likeness (QED) is 0.625. The summed E-state index contributed by atoms with van der Waals surface area (Å²) in [6, 6.07) is 6.97. The summed E-state index contributed by atoms with van der Waals surface area (Å²) in [7, 11) is 0. The molecule has 2 atom stereocenters. The zero-order chi connectivity index (χ0) is 22.0. The summed E-state index contributed by atoms with van der Waals surface area (Å²) in [5.74, 6) is -1.30. The molecule has 2 aromatic heterocycles. The van der Waals surface area contributed by atoms with E-state index in [1.807, 2.05) is 0 Å². The van der Waals surface area contributed by atoms with Gasteiger partial charge >= 0.3 is 0 Å². The first kappa shape index (κ1) is 21.2. The summed E-state index contributed by atoms with van der Waals surface area (Å²) in [5, 5.41) is 13.0. The molecular weight excluding hydrogens is 404 g/mol. The maximum absolute atomic E-state index is 13.9. The largest absolute Gasteiger partial charge is 0.485 e. The second kappa shape index (κ2) is 9.01. The van der Waals surface area contributed by atoms with Crippen molar-refractivity contribution in [3.63, 3.8) is 0 Å². The number of carbonyl (C=O) groups is 1. The van der Waals surface area contributed by atoms with Gasteiger partial charge in [0.2, 0.25) is 0 Å². The van der Waals surface area contributed by atoms with E-state index in [0.29, 0.717) is 29.3 Å². The lowest BCUT2D eigenvalue weighted by Gasteiger charge is -2.27. The van der Waals surface area contributed by atoms with Crippen LogP contribution in [-0.4, -0.2) is 33.0 Å². The minimum Gasteiger partial charge on any atom is -0.485 e. The number of aliphatic hydroxyl groups excluding tert-OH is 1. The summed E-state index contributed by atoms with van der Waals surface area (Å²) in [4.78, 5) is 17.3. The van der Waals surface area contributed by atoms with E-state index in [2.05, 4.69) is 10.3 Å². The molecule has 0 unspecified atom stereocenters. The number of hydrogen-bond acceptors (Lipinski definition) is 4. The molecule has 3 aromatic rings. The SMILES string of the molecule is Cc1nc2c(OCc3c(F)cccc3F)cccn2c1C(=O)NC[C@@H]1CCCC[C@H]1O. The minimum absolute atomic E-state index is 0.0479. The van der Waals surface area contributed by atoms with Crippen molar-refractivity contribution in [1.82, 2.24) is 14.7 Å². The van der Waals surface area contributed by atoms with E-state index in [1.54, 1.807) is 29.7 Å². The van der Waals surface area contributed by atoms with Crippen molar-refractivity contribution < 1.29 is 23.4 Å². The zero-order valence-corrected chi connectivity index (χ0v) is 17.3. The Morgan fingerprint density at radius 1 is 1.23 bits per heavy atom. The van der Waals surface area contributed by atoms with Gasteiger partial charge in [-0.05, 0) is 44.0 Å². The molecule has 2 heterocycles. The fraction of sp³-hybridized carbons (Fsp3) is 0.391. The number of halogens is 2. The van der Waals surface area contributed by atoms with Crippen molar-refractivity contribution in [2.75, 3.05) is 6.54 Å². The second-order valence-electron chi connectivity index (χ2n) is 7.92. The Bertz CT molecular complexity index is 1080. The van der Waals surface area contributed by atoms with Crippen LogP contribution in [-0.2, 0) is 6.61 Å². The molecule has 31 heavy (non-hydrogen) atoms. The number of pyridine rings is 1. The highest BCUT2D eigenvalue weighted by molar-refractivity contribution is 5.95. The maximum Gasteiger partial charge on any atom is 0.270 e. The van der Waals surface area contributed by atoms with Crippen molar-refractivity contribution in [1.29, 1.82) is 0 Å². The molecule has 164 valence electrons. The number of benzene rings is 1. The van der Waals surface area contributed by atoms with E-state index < -0.39 is 17.7 Å². The summed E-state index contributed by atoms with van der Waals surface area (Å²) in [6.45, 7) is 1.82. The number of nitrogens with one attached hydrogen (secondary N) is 1. The molecule has 1 aliphatic carbocycles. The number of aryl methyl sites for hydroxylation is 1. The fourth-order valence-corrected chi connectivity index (χ4v) is 4.10. The van der Waals surface area contributed by atoms with E-state index in [1.165, 1.54) is 18.2 Å². The first-order valence-corrected chi connectivity index (χ1v) is 10.5. The van der Waals surface area contributed by atoms with Gasteiger partial charge in [0, 0.05) is 18.7 Å². The van der Waals surface area contributed by atoms with Crippen molar-refractivity contribution >= 4 is 11.6 Å². The van der Waals surface area contributed by atoms with Gasteiger partial charge in [0.1, 0.15) is 23.9 Å². The Balaban J connectivity index is 1.53. The van der Waals surface area contributed by atoms with Gasteiger partial charge in [-0.15, -0.1) is 0 Å². The van der Waals surface area contributed by atoms with Crippen molar-refractivity contribution in [3.8, 4) is 5.75 Å². The third kappa shape index (κ3) is 4.39. The lowest BCUT2D eigenvalue weighted by Crippen LogP contribution is -2.37. The smallest absolute Gasteiger partial charge is 0.270 e. The van der Waals surface area contributed by atoms with Gasteiger partial charge in [-0.3, -0.25) is 9.20 Å². The van der Waals surface area contributed by atoms with Crippen LogP contribution in [0.5, 0.6) is 5.75 Å². The van der Waals surface area contributed by atoms with Gasteiger partial charge in [-0.1, -0.05) is 18.9 Å². The van der Waals surface area contributed by atoms with E-state index in [0.717, 1.165) is 25.7 Å². The van der Waals surface area contributed by atoms with Gasteiger partial charge in [0.15, 0.2) is 11.4 Å². The molecular formula is C23H25F2N3O3. The zero-order valence-electron chi connectivity index (χ0n) is 17.3. The lowest BCUT2D eigenvalue weighted by atomic mass is 9.86. The number of aromatic nitrogens is 2. The van der Waals surface area contributed by atoms with Crippen LogP contribution < -0.4 is 10.1 Å². The number of carbonyl (C=O) groups excluding carboxylic acids is 1. The second-order valence-corrected chi connectivity index (χ2v) is 7.92. The number of aliphatic hydroxyl groups is 1. The summed E-state index contributed by atoms with van der Waals surface area (Å²) >= 11 is 0. The van der Waals surface area contributed by atoms with E-state index >= 15 is 0 Å². The van der Waals surface area contributed by atoms with Crippen molar-refractivity contribution in [2.45, 2.75) is 45.3 Å². The van der Waals surface area contributed by atoms with E-state index in [4.69, 9.17) is 4.74 Å². The molecule has 4 rings (SSSR count). The van der Waals surface area contributed by atoms with Crippen LogP contribution in [0, 0.1) is 24.5 Å². The molecule has 0 aliphatic heterocycles. The Morgan fingerprint density at radius 3 is 2.71 bits per heavy atom. The first-order chi connectivity index (χ1) is 15.0. The normalized spacial score (nSPS) is 18.8. The van der Waals surface area contributed by atoms with Gasteiger partial charge in [-0.2, -0.15) is 0 Å².